The molecule has 3 rings (SSSR count). The summed E-state index contributed by atoms with van der Waals surface area (Å²) >= 11 is 0. The minimum atomic E-state index is -0.527. The molecule has 0 saturated heterocycles. The maximum Gasteiger partial charge on any atom is 0.343 e. The van der Waals surface area contributed by atoms with E-state index < -0.39 is 17.9 Å². The van der Waals surface area contributed by atoms with Crippen LogP contribution < -0.4 is 10.1 Å². The van der Waals surface area contributed by atoms with Crippen LogP contribution in [0.5, 0.6) is 5.75 Å². The van der Waals surface area contributed by atoms with Crippen molar-refractivity contribution in [2.24, 2.45) is 0 Å². The van der Waals surface area contributed by atoms with Crippen LogP contribution in [-0.4, -0.2) is 37.0 Å². The molecule has 41 heavy (non-hydrogen) atoms. The van der Waals surface area contributed by atoms with Gasteiger partial charge >= 0.3 is 17.9 Å². The van der Waals surface area contributed by atoms with Crippen molar-refractivity contribution in [2.45, 2.75) is 38.5 Å². The molecule has 1 N–H and O–H groups in total. The van der Waals surface area contributed by atoms with Gasteiger partial charge in [0.15, 0.2) is 0 Å². The van der Waals surface area contributed by atoms with E-state index in [1.54, 1.807) is 60.7 Å². The summed E-state index contributed by atoms with van der Waals surface area (Å²) in [6, 6.07) is 13.0. The van der Waals surface area contributed by atoms with E-state index in [1.165, 1.54) is 0 Å². The number of ether oxygens (including phenoxy) is 4. The molecule has 0 aromatic heterocycles. The van der Waals surface area contributed by atoms with Crippen LogP contribution in [0.1, 0.15) is 59.2 Å². The molecule has 0 unspecified atom stereocenters. The Hall–Kier alpha value is -4.92. The van der Waals surface area contributed by atoms with Crippen molar-refractivity contribution in [1.29, 1.82) is 0 Å². The lowest BCUT2D eigenvalue weighted by Gasteiger charge is -2.15. The molecule has 0 spiro atoms. The summed E-state index contributed by atoms with van der Waals surface area (Å²) in [5.41, 5.74) is 1.26. The number of allylic oxidation sites excluding steroid dienone is 4. The monoisotopic (exact) mass is 559 g/mol. The summed E-state index contributed by atoms with van der Waals surface area (Å²) < 4.78 is 21.6. The van der Waals surface area contributed by atoms with Gasteiger partial charge in [-0.1, -0.05) is 13.2 Å². The summed E-state index contributed by atoms with van der Waals surface area (Å²) in [5, 5.41) is 2.61. The Morgan fingerprint density at radius 3 is 1.76 bits per heavy atom. The van der Waals surface area contributed by atoms with Crippen molar-refractivity contribution in [3.05, 3.63) is 109 Å². The van der Waals surface area contributed by atoms with Gasteiger partial charge in [-0.05, 0) is 92.4 Å². The van der Waals surface area contributed by atoms with E-state index in [0.717, 1.165) is 37.8 Å². The van der Waals surface area contributed by atoms with Gasteiger partial charge in [0.1, 0.15) is 17.3 Å². The van der Waals surface area contributed by atoms with Crippen molar-refractivity contribution in [1.82, 2.24) is 0 Å². The highest BCUT2D eigenvalue weighted by atomic mass is 16.5. The molecule has 0 bridgehead atoms. The molecule has 0 heterocycles. The summed E-state index contributed by atoms with van der Waals surface area (Å²) in [6.07, 6.45) is 9.85. The molecule has 1 aliphatic rings. The van der Waals surface area contributed by atoms with Crippen LogP contribution in [-0.2, 0) is 23.8 Å². The van der Waals surface area contributed by atoms with E-state index in [9.17, 15) is 19.2 Å². The molecule has 9 heteroatoms. The van der Waals surface area contributed by atoms with Crippen LogP contribution in [0, 0.1) is 0 Å². The number of unbranched alkanes of at least 4 members (excludes halogenated alkanes) is 3. The smallest absolute Gasteiger partial charge is 0.343 e. The molecule has 0 aliphatic heterocycles. The van der Waals surface area contributed by atoms with Crippen LogP contribution in [0.4, 0.5) is 5.69 Å². The highest BCUT2D eigenvalue weighted by molar-refractivity contribution is 5.99. The van der Waals surface area contributed by atoms with Gasteiger partial charge in [0.2, 0.25) is 5.91 Å². The molecule has 1 aliphatic carbocycles. The fraction of sp³-hybridized carbons (Fsp3) is 0.250. The lowest BCUT2D eigenvalue weighted by molar-refractivity contribution is -0.137. The predicted octanol–water partition coefficient (Wildman–Crippen LogP) is 6.05. The first-order chi connectivity index (χ1) is 19.9. The number of amides is 1. The Balaban J connectivity index is 1.38. The van der Waals surface area contributed by atoms with Crippen molar-refractivity contribution in [2.75, 3.05) is 18.5 Å². The minimum absolute atomic E-state index is 0.333. The Labute approximate surface area is 239 Å². The van der Waals surface area contributed by atoms with E-state index in [-0.39, 0.29) is 5.91 Å². The zero-order valence-corrected chi connectivity index (χ0v) is 22.8. The molecule has 2 aromatic carbocycles. The van der Waals surface area contributed by atoms with Crippen molar-refractivity contribution >= 4 is 29.5 Å². The molecule has 0 radical (unpaired) electrons. The van der Waals surface area contributed by atoms with Crippen molar-refractivity contribution in [3.63, 3.8) is 0 Å². The number of hydrogen-bond acceptors (Lipinski definition) is 8. The van der Waals surface area contributed by atoms with Crippen LogP contribution in [0.25, 0.3) is 0 Å². The largest absolute Gasteiger partial charge is 0.494 e. The SMILES string of the molecule is C=CC(=O)Nc1ccc(C(=O)OC2=CC=C(OC(=O)c3ccc(OCCCCCCOC(=O)C=C)cc3)CC2)cc1. The van der Waals surface area contributed by atoms with E-state index in [1.807, 2.05) is 0 Å². The number of carbonyl (C=O) groups is 4. The first-order valence-electron chi connectivity index (χ1n) is 13.3. The van der Waals surface area contributed by atoms with Gasteiger partial charge in [-0.3, -0.25) is 4.79 Å². The highest BCUT2D eigenvalue weighted by Crippen LogP contribution is 2.23. The van der Waals surface area contributed by atoms with Gasteiger partial charge in [0.25, 0.3) is 0 Å². The van der Waals surface area contributed by atoms with Gasteiger partial charge in [0, 0.05) is 24.6 Å². The van der Waals surface area contributed by atoms with E-state index >= 15 is 0 Å². The van der Waals surface area contributed by atoms with Gasteiger partial charge in [-0.25, -0.2) is 14.4 Å². The third-order valence-corrected chi connectivity index (χ3v) is 5.90. The second-order valence-corrected chi connectivity index (χ2v) is 8.97. The Morgan fingerprint density at radius 1 is 0.707 bits per heavy atom. The molecule has 0 saturated carbocycles. The van der Waals surface area contributed by atoms with Crippen LogP contribution in [0.3, 0.4) is 0 Å². The lowest BCUT2D eigenvalue weighted by atomic mass is 10.1. The second-order valence-electron chi connectivity index (χ2n) is 8.97. The number of esters is 3. The molecular weight excluding hydrogens is 526 g/mol. The van der Waals surface area contributed by atoms with Crippen molar-refractivity contribution in [3.8, 4) is 5.75 Å². The Kier molecular flexibility index (Phi) is 12.1. The number of carbonyl (C=O) groups excluding carboxylic acids is 4. The standard InChI is InChI=1S/C32H33NO8/c1-3-29(34)33-25-13-9-23(10-14-25)31(36)40-27-17-19-28(20-18-27)41-32(37)24-11-15-26(16-12-24)38-21-7-5-6-8-22-39-30(35)4-2/h3-4,9-17,19H,1-2,5-8,18,20-22H2,(H,33,34). The maximum absolute atomic E-state index is 12.6. The summed E-state index contributed by atoms with van der Waals surface area (Å²) in [6.45, 7) is 7.68. The lowest BCUT2D eigenvalue weighted by Crippen LogP contribution is -2.10. The van der Waals surface area contributed by atoms with E-state index in [4.69, 9.17) is 18.9 Å². The van der Waals surface area contributed by atoms with E-state index in [2.05, 4.69) is 18.5 Å². The van der Waals surface area contributed by atoms with Crippen LogP contribution in [0.15, 0.2) is 97.5 Å². The number of hydrogen-bond donors (Lipinski definition) is 1. The second kappa shape index (κ2) is 16.2. The molecule has 0 atom stereocenters. The zero-order valence-electron chi connectivity index (χ0n) is 22.8. The summed E-state index contributed by atoms with van der Waals surface area (Å²) in [4.78, 5) is 47.3. The average Bonchev–Trinajstić information content (AvgIpc) is 2.99. The topological polar surface area (TPSA) is 117 Å². The Morgan fingerprint density at radius 2 is 1.24 bits per heavy atom. The predicted molar refractivity (Wildman–Crippen MR) is 153 cm³/mol. The summed E-state index contributed by atoms with van der Waals surface area (Å²) in [5.74, 6) is -0.183. The first kappa shape index (κ1) is 30.6. The van der Waals surface area contributed by atoms with E-state index in [0.29, 0.717) is 60.1 Å². The quantitative estimate of drug-likeness (QED) is 0.121. The fourth-order valence-electron chi connectivity index (χ4n) is 3.67. The van der Waals surface area contributed by atoms with Crippen LogP contribution in [0.2, 0.25) is 0 Å². The van der Waals surface area contributed by atoms with Gasteiger partial charge in [0.05, 0.1) is 24.3 Å². The fourth-order valence-corrected chi connectivity index (χ4v) is 3.67. The van der Waals surface area contributed by atoms with Gasteiger partial charge < -0.3 is 24.3 Å². The third-order valence-electron chi connectivity index (χ3n) is 5.90. The first-order valence-corrected chi connectivity index (χ1v) is 13.3. The number of anilines is 1. The van der Waals surface area contributed by atoms with Crippen LogP contribution >= 0.6 is 0 Å². The number of benzene rings is 2. The molecule has 1 amide bonds. The van der Waals surface area contributed by atoms with Crippen molar-refractivity contribution < 1.29 is 38.1 Å². The van der Waals surface area contributed by atoms with Gasteiger partial charge in [-0.15, -0.1) is 0 Å². The normalized spacial score (nSPS) is 12.2. The number of rotatable bonds is 15. The summed E-state index contributed by atoms with van der Waals surface area (Å²) in [7, 11) is 0. The number of nitrogens with one attached hydrogen (secondary N) is 1. The molecule has 2 aromatic rings. The van der Waals surface area contributed by atoms with Gasteiger partial charge in [-0.2, -0.15) is 0 Å². The zero-order chi connectivity index (χ0) is 29.5. The minimum Gasteiger partial charge on any atom is -0.494 e. The third kappa shape index (κ3) is 10.6. The Bertz CT molecular complexity index is 1310. The molecular formula is C32H33NO8. The maximum atomic E-state index is 12.6. The highest BCUT2D eigenvalue weighted by Gasteiger charge is 2.17. The molecule has 214 valence electrons. The molecule has 9 nitrogen and oxygen atoms in total. The average molecular weight is 560 g/mol. The molecule has 0 fully saturated rings.